The molecule has 0 aliphatic heterocycles. The summed E-state index contributed by atoms with van der Waals surface area (Å²) >= 11 is 11.3. The molecule has 5 heteroatoms. The number of amides is 1. The molecule has 1 amide bonds. The van der Waals surface area contributed by atoms with Crippen LogP contribution in [0.25, 0.3) is 0 Å². The number of carbonyl (C=O) groups is 1. The largest absolute Gasteiger partial charge is 0.377 e. The zero-order chi connectivity index (χ0) is 31.7. The highest BCUT2D eigenvalue weighted by Crippen LogP contribution is 2.32. The molecule has 1 atom stereocenters. The number of benzene rings is 2. The van der Waals surface area contributed by atoms with Gasteiger partial charge in [0, 0.05) is 29.7 Å². The predicted octanol–water partition coefficient (Wildman–Crippen LogP) is 10.7. The Morgan fingerprint density at radius 2 is 1.61 bits per heavy atom. The van der Waals surface area contributed by atoms with Crippen LogP contribution in [0.2, 0.25) is 10.0 Å². The third kappa shape index (κ3) is 12.8. The summed E-state index contributed by atoms with van der Waals surface area (Å²) in [7, 11) is 3.95. The number of nitrogens with zero attached hydrogens (tertiary/aromatic N) is 1. The molecule has 3 rings (SSSR count). The van der Waals surface area contributed by atoms with Crippen LogP contribution in [-0.2, 0) is 11.2 Å². The van der Waals surface area contributed by atoms with E-state index in [0.29, 0.717) is 21.5 Å². The minimum atomic E-state index is -0.0374. The van der Waals surface area contributed by atoms with Crippen molar-refractivity contribution >= 4 is 29.1 Å². The topological polar surface area (TPSA) is 32.3 Å². The molecule has 0 bridgehead atoms. The molecule has 0 aromatic heterocycles. The summed E-state index contributed by atoms with van der Waals surface area (Å²) in [6.45, 7) is 22.3. The van der Waals surface area contributed by atoms with Gasteiger partial charge in [-0.1, -0.05) is 114 Å². The molecule has 0 saturated carbocycles. The fourth-order valence-corrected chi connectivity index (χ4v) is 4.98. The van der Waals surface area contributed by atoms with Gasteiger partial charge in [0.1, 0.15) is 0 Å². The van der Waals surface area contributed by atoms with Gasteiger partial charge in [-0.3, -0.25) is 4.79 Å². The average Bonchev–Trinajstić information content (AvgIpc) is 3.32. The van der Waals surface area contributed by atoms with E-state index in [9.17, 15) is 4.79 Å². The normalized spacial score (nSPS) is 14.4. The van der Waals surface area contributed by atoms with E-state index < -0.39 is 0 Å². The first-order valence-corrected chi connectivity index (χ1v) is 15.4. The number of carbonyl (C=O) groups excluding carboxylic acids is 1. The van der Waals surface area contributed by atoms with Crippen LogP contribution < -0.4 is 5.32 Å². The van der Waals surface area contributed by atoms with Gasteiger partial charge < -0.3 is 10.2 Å². The number of aryl methyl sites for hydroxylation is 2. The summed E-state index contributed by atoms with van der Waals surface area (Å²) < 4.78 is 0. The summed E-state index contributed by atoms with van der Waals surface area (Å²) in [5.74, 6) is 0.389. The van der Waals surface area contributed by atoms with Crippen molar-refractivity contribution < 1.29 is 4.79 Å². The molecular weight excluding hydrogens is 547 g/mol. The Hall–Kier alpha value is -2.75. The Morgan fingerprint density at radius 1 is 1.05 bits per heavy atom. The monoisotopic (exact) mass is 598 g/mol. The lowest BCUT2D eigenvalue weighted by molar-refractivity contribution is -0.118. The van der Waals surface area contributed by atoms with E-state index in [4.69, 9.17) is 23.2 Å². The minimum absolute atomic E-state index is 0.0374. The van der Waals surface area contributed by atoms with Crippen molar-refractivity contribution in [2.75, 3.05) is 14.1 Å². The average molecular weight is 600 g/mol. The van der Waals surface area contributed by atoms with Crippen molar-refractivity contribution in [3.63, 3.8) is 0 Å². The van der Waals surface area contributed by atoms with Crippen LogP contribution in [0.15, 0.2) is 89.7 Å². The maximum Gasteiger partial charge on any atom is 0.253 e. The number of nitrogens with one attached hydrogen (secondary N) is 1. The third-order valence-electron chi connectivity index (χ3n) is 6.04. The van der Waals surface area contributed by atoms with E-state index in [1.165, 1.54) is 11.1 Å². The van der Waals surface area contributed by atoms with Crippen molar-refractivity contribution in [1.82, 2.24) is 10.2 Å². The van der Waals surface area contributed by atoms with Crippen LogP contribution in [0.3, 0.4) is 0 Å². The van der Waals surface area contributed by atoms with Crippen LogP contribution in [-0.4, -0.2) is 24.9 Å². The van der Waals surface area contributed by atoms with Gasteiger partial charge in [-0.25, -0.2) is 0 Å². The van der Waals surface area contributed by atoms with Gasteiger partial charge in [-0.15, -0.1) is 0 Å². The Kier molecular flexibility index (Phi) is 18.8. The van der Waals surface area contributed by atoms with Gasteiger partial charge in [0.2, 0.25) is 0 Å². The summed E-state index contributed by atoms with van der Waals surface area (Å²) in [4.78, 5) is 15.3. The minimum Gasteiger partial charge on any atom is -0.377 e. The number of halogens is 2. The molecule has 1 aliphatic carbocycles. The first kappa shape index (κ1) is 38.2. The highest BCUT2D eigenvalue weighted by molar-refractivity contribution is 6.34. The SMILES string of the molecule is C=C(C)C(/C=C\C(C)C)=C(\C(=C/C)C(=O)NC1CCc2ccccc21)N(C)C.CC.CC.Cc1cc(Cl)cc(Cl)c1. The molecule has 41 heavy (non-hydrogen) atoms. The molecule has 2 aromatic carbocycles. The zero-order valence-electron chi connectivity index (χ0n) is 27.2. The zero-order valence-corrected chi connectivity index (χ0v) is 28.7. The third-order valence-corrected chi connectivity index (χ3v) is 6.48. The lowest BCUT2D eigenvalue weighted by Gasteiger charge is -2.25. The summed E-state index contributed by atoms with van der Waals surface area (Å²) in [6, 6.07) is 13.9. The van der Waals surface area contributed by atoms with Crippen LogP contribution in [0.5, 0.6) is 0 Å². The van der Waals surface area contributed by atoms with Crippen molar-refractivity contribution in [3.8, 4) is 0 Å². The van der Waals surface area contributed by atoms with E-state index in [2.05, 4.69) is 56.1 Å². The summed E-state index contributed by atoms with van der Waals surface area (Å²) in [6.07, 6.45) is 8.09. The number of fused-ring (bicyclic) bond motifs is 1. The van der Waals surface area contributed by atoms with E-state index in [1.807, 2.05) is 91.7 Å². The molecule has 0 fully saturated rings. The number of likely N-dealkylation sites (N-methyl/N-ethyl adjacent to an activating group) is 1. The molecule has 3 nitrogen and oxygen atoms in total. The van der Waals surface area contributed by atoms with Gasteiger partial charge in [-0.05, 0) is 80.0 Å². The molecule has 0 saturated heterocycles. The number of hydrogen-bond donors (Lipinski definition) is 1. The number of rotatable bonds is 7. The second-order valence-electron chi connectivity index (χ2n) is 9.95. The highest BCUT2D eigenvalue weighted by atomic mass is 35.5. The predicted molar refractivity (Wildman–Crippen MR) is 183 cm³/mol. The maximum atomic E-state index is 13.3. The molecule has 2 aromatic rings. The van der Waals surface area contributed by atoms with Crippen LogP contribution in [0.4, 0.5) is 0 Å². The van der Waals surface area contributed by atoms with Gasteiger partial charge in [0.05, 0.1) is 17.3 Å². The van der Waals surface area contributed by atoms with E-state index >= 15 is 0 Å². The molecule has 1 aliphatic rings. The summed E-state index contributed by atoms with van der Waals surface area (Å²) in [5, 5.41) is 4.65. The second-order valence-corrected chi connectivity index (χ2v) is 10.8. The van der Waals surface area contributed by atoms with Crippen LogP contribution in [0.1, 0.15) is 84.5 Å². The first-order valence-electron chi connectivity index (χ1n) is 14.7. The highest BCUT2D eigenvalue weighted by Gasteiger charge is 2.26. The lowest BCUT2D eigenvalue weighted by Crippen LogP contribution is -2.32. The van der Waals surface area contributed by atoms with Gasteiger partial charge >= 0.3 is 0 Å². The van der Waals surface area contributed by atoms with Crippen LogP contribution >= 0.6 is 23.2 Å². The molecule has 0 radical (unpaired) electrons. The molecule has 0 spiro atoms. The Morgan fingerprint density at radius 3 is 2.07 bits per heavy atom. The fourth-order valence-electron chi connectivity index (χ4n) is 4.35. The molecule has 0 heterocycles. The quantitative estimate of drug-likeness (QED) is 0.254. The van der Waals surface area contributed by atoms with Crippen LogP contribution in [0, 0.1) is 12.8 Å². The first-order chi connectivity index (χ1) is 19.4. The van der Waals surface area contributed by atoms with Gasteiger partial charge in [-0.2, -0.15) is 0 Å². The van der Waals surface area contributed by atoms with Gasteiger partial charge in [0.25, 0.3) is 5.91 Å². The summed E-state index contributed by atoms with van der Waals surface area (Å²) in [5.41, 5.74) is 7.18. The smallest absolute Gasteiger partial charge is 0.253 e. The van der Waals surface area contributed by atoms with E-state index in [0.717, 1.165) is 35.2 Å². The Balaban J connectivity index is 0.00000103. The second kappa shape index (κ2) is 20.2. The van der Waals surface area contributed by atoms with Crippen molar-refractivity contribution in [3.05, 3.63) is 116 Å². The number of allylic oxidation sites excluding steroid dienone is 5. The maximum absolute atomic E-state index is 13.3. The molecular formula is C36H52Cl2N2O. The van der Waals surface area contributed by atoms with Crippen molar-refractivity contribution in [1.29, 1.82) is 0 Å². The Bertz CT molecular complexity index is 1160. The van der Waals surface area contributed by atoms with Gasteiger partial charge in [0.15, 0.2) is 0 Å². The Labute approximate surface area is 261 Å². The molecule has 1 unspecified atom stereocenters. The molecule has 1 N–H and O–H groups in total. The van der Waals surface area contributed by atoms with E-state index in [1.54, 1.807) is 6.07 Å². The van der Waals surface area contributed by atoms with E-state index in [-0.39, 0.29) is 11.9 Å². The lowest BCUT2D eigenvalue weighted by atomic mass is 9.97. The molecule has 226 valence electrons. The number of hydrogen-bond acceptors (Lipinski definition) is 2. The fraction of sp³-hybridized carbons (Fsp3) is 0.417. The standard InChI is InChI=1S/C25H34N2O.C7H6Cl2.2C2H6/c1-8-20(24(27(6)7)21(18(4)5)15-13-17(2)3)25(28)26-23-16-14-19-11-9-10-12-22(19)23;1-5-2-6(8)4-7(9)3-5;2*1-2/h8-13,15,17,23H,4,14,16H2,1-3,5-7H3,(H,26,28);2-4H,1H3;2*1-2H3/b15-13-,20-8+,24-21+;;;. The van der Waals surface area contributed by atoms with Crippen molar-refractivity contribution in [2.45, 2.75) is 81.2 Å². The van der Waals surface area contributed by atoms with Crippen molar-refractivity contribution in [2.24, 2.45) is 5.92 Å².